The Kier molecular flexibility index (Phi) is 4.78. The van der Waals surface area contributed by atoms with Crippen molar-refractivity contribution in [1.29, 1.82) is 10.5 Å². The van der Waals surface area contributed by atoms with Crippen LogP contribution >= 0.6 is 0 Å². The maximum atomic E-state index is 9.07. The van der Waals surface area contributed by atoms with Crippen LogP contribution in [0.5, 0.6) is 5.75 Å². The summed E-state index contributed by atoms with van der Waals surface area (Å²) >= 11 is 0. The Bertz CT molecular complexity index is 770. The molecule has 0 aromatic heterocycles. The number of benzene rings is 2. The lowest BCUT2D eigenvalue weighted by Crippen LogP contribution is -2.10. The number of nitrogens with zero attached hydrogens (tertiary/aromatic N) is 2. The normalized spacial score (nSPS) is 11.3. The summed E-state index contributed by atoms with van der Waals surface area (Å²) in [5.41, 5.74) is 3.75. The summed E-state index contributed by atoms with van der Waals surface area (Å²) in [7, 11) is 1.54. The molecule has 0 spiro atoms. The molecule has 110 valence electrons. The van der Waals surface area contributed by atoms with Crippen LogP contribution in [0.15, 0.2) is 36.4 Å². The summed E-state index contributed by atoms with van der Waals surface area (Å²) < 4.78 is 11.2. The number of ether oxygens (including phenoxy) is 2. The van der Waals surface area contributed by atoms with Crippen LogP contribution in [0.1, 0.15) is 34.1 Å². The second-order valence-corrected chi connectivity index (χ2v) is 5.08. The Balaban J connectivity index is 2.34. The minimum atomic E-state index is -0.639. The Morgan fingerprint density at radius 2 is 1.45 bits per heavy atom. The number of hydrogen-bond donors (Lipinski definition) is 0. The summed E-state index contributed by atoms with van der Waals surface area (Å²) in [6, 6.07) is 15.0. The van der Waals surface area contributed by atoms with E-state index in [2.05, 4.69) is 12.1 Å². The molecular weight excluding hydrogens is 276 g/mol. The third-order valence-electron chi connectivity index (χ3n) is 3.14. The van der Waals surface area contributed by atoms with Crippen LogP contribution in [0.4, 0.5) is 0 Å². The smallest absolute Gasteiger partial charge is 0.226 e. The molecule has 0 heterocycles. The Hall–Kier alpha value is -2.82. The van der Waals surface area contributed by atoms with Crippen LogP contribution in [0.3, 0.4) is 0 Å². The van der Waals surface area contributed by atoms with E-state index in [1.165, 1.54) is 0 Å². The van der Waals surface area contributed by atoms with Crippen molar-refractivity contribution >= 4 is 0 Å². The van der Waals surface area contributed by atoms with Crippen molar-refractivity contribution in [2.75, 3.05) is 7.11 Å². The average molecular weight is 292 g/mol. The summed E-state index contributed by atoms with van der Waals surface area (Å²) in [5, 5.41) is 18.1. The maximum absolute atomic E-state index is 9.07. The number of rotatable bonds is 4. The standard InChI is InChI=1S/C18H16N2O2/c1-12-4-14(10-19)8-16(6-12)18(21-3)22-17-7-13(2)5-15(9-17)11-20/h4-9,18H,1-3H3. The SMILES string of the molecule is COC(Oc1cc(C)cc(C#N)c1)c1cc(C)cc(C#N)c1. The number of hydrogen-bond acceptors (Lipinski definition) is 4. The minimum Gasteiger partial charge on any atom is -0.461 e. The van der Waals surface area contributed by atoms with Gasteiger partial charge in [-0.05, 0) is 61.4 Å². The zero-order chi connectivity index (χ0) is 16.1. The average Bonchev–Trinajstić information content (AvgIpc) is 2.51. The Morgan fingerprint density at radius 1 is 0.864 bits per heavy atom. The zero-order valence-electron chi connectivity index (χ0n) is 12.8. The molecule has 0 bridgehead atoms. The lowest BCUT2D eigenvalue weighted by atomic mass is 10.1. The maximum Gasteiger partial charge on any atom is 0.226 e. The molecule has 1 unspecified atom stereocenters. The van der Waals surface area contributed by atoms with Gasteiger partial charge in [-0.3, -0.25) is 0 Å². The molecule has 0 aliphatic carbocycles. The van der Waals surface area contributed by atoms with Gasteiger partial charge in [0.05, 0.1) is 23.3 Å². The number of methoxy groups -OCH3 is 1. The molecule has 0 aliphatic heterocycles. The molecule has 2 rings (SSSR count). The number of nitriles is 2. The highest BCUT2D eigenvalue weighted by atomic mass is 16.7. The van der Waals surface area contributed by atoms with E-state index in [1.807, 2.05) is 26.0 Å². The Labute approximate surface area is 130 Å². The molecule has 2 aromatic carbocycles. The lowest BCUT2D eigenvalue weighted by molar-refractivity contribution is -0.0563. The second-order valence-electron chi connectivity index (χ2n) is 5.08. The minimum absolute atomic E-state index is 0.534. The van der Waals surface area contributed by atoms with Crippen LogP contribution < -0.4 is 4.74 Å². The van der Waals surface area contributed by atoms with Crippen molar-refractivity contribution in [2.24, 2.45) is 0 Å². The quantitative estimate of drug-likeness (QED) is 0.804. The molecule has 1 atom stereocenters. The van der Waals surface area contributed by atoms with Crippen LogP contribution in [0, 0.1) is 36.5 Å². The molecule has 0 saturated carbocycles. The van der Waals surface area contributed by atoms with Crippen molar-refractivity contribution in [3.8, 4) is 17.9 Å². The van der Waals surface area contributed by atoms with Gasteiger partial charge in [0, 0.05) is 12.7 Å². The largest absolute Gasteiger partial charge is 0.461 e. The van der Waals surface area contributed by atoms with E-state index in [4.69, 9.17) is 20.0 Å². The predicted octanol–water partition coefficient (Wildman–Crippen LogP) is 3.77. The second kappa shape index (κ2) is 6.76. The highest BCUT2D eigenvalue weighted by Gasteiger charge is 2.14. The number of aryl methyl sites for hydroxylation is 2. The highest BCUT2D eigenvalue weighted by molar-refractivity contribution is 5.41. The van der Waals surface area contributed by atoms with Crippen LogP contribution in [0.2, 0.25) is 0 Å². The molecular formula is C18H16N2O2. The predicted molar refractivity (Wildman–Crippen MR) is 82.2 cm³/mol. The molecule has 0 aliphatic rings. The topological polar surface area (TPSA) is 66.0 Å². The van der Waals surface area contributed by atoms with Gasteiger partial charge in [-0.2, -0.15) is 10.5 Å². The summed E-state index contributed by atoms with van der Waals surface area (Å²) in [4.78, 5) is 0. The van der Waals surface area contributed by atoms with Crippen LogP contribution in [-0.2, 0) is 4.74 Å². The molecule has 4 nitrogen and oxygen atoms in total. The van der Waals surface area contributed by atoms with Gasteiger partial charge in [0.15, 0.2) is 0 Å². The van der Waals surface area contributed by atoms with E-state index in [0.717, 1.165) is 16.7 Å². The molecule has 4 heteroatoms. The van der Waals surface area contributed by atoms with Gasteiger partial charge >= 0.3 is 0 Å². The van der Waals surface area contributed by atoms with Gasteiger partial charge in [0.25, 0.3) is 0 Å². The molecule has 2 aromatic rings. The van der Waals surface area contributed by atoms with Crippen molar-refractivity contribution in [1.82, 2.24) is 0 Å². The van der Waals surface area contributed by atoms with E-state index in [1.54, 1.807) is 31.4 Å². The summed E-state index contributed by atoms with van der Waals surface area (Å²) in [6.45, 7) is 3.81. The van der Waals surface area contributed by atoms with E-state index < -0.39 is 6.29 Å². The molecule has 0 saturated heterocycles. The third kappa shape index (κ3) is 3.63. The third-order valence-corrected chi connectivity index (χ3v) is 3.14. The monoisotopic (exact) mass is 292 g/mol. The Morgan fingerprint density at radius 3 is 2.05 bits per heavy atom. The van der Waals surface area contributed by atoms with E-state index in [9.17, 15) is 0 Å². The first kappa shape index (κ1) is 15.6. The first-order valence-electron chi connectivity index (χ1n) is 6.78. The van der Waals surface area contributed by atoms with E-state index in [0.29, 0.717) is 16.9 Å². The van der Waals surface area contributed by atoms with Crippen molar-refractivity contribution in [3.63, 3.8) is 0 Å². The van der Waals surface area contributed by atoms with Crippen molar-refractivity contribution in [3.05, 3.63) is 64.2 Å². The van der Waals surface area contributed by atoms with E-state index in [-0.39, 0.29) is 0 Å². The molecule has 0 amide bonds. The van der Waals surface area contributed by atoms with Gasteiger partial charge in [-0.25, -0.2) is 0 Å². The first-order valence-corrected chi connectivity index (χ1v) is 6.78. The summed E-state index contributed by atoms with van der Waals surface area (Å²) in [5.74, 6) is 0.559. The van der Waals surface area contributed by atoms with Gasteiger partial charge in [0.1, 0.15) is 5.75 Å². The van der Waals surface area contributed by atoms with Gasteiger partial charge < -0.3 is 9.47 Å². The molecule has 0 fully saturated rings. The fraction of sp³-hybridized carbons (Fsp3) is 0.222. The van der Waals surface area contributed by atoms with Gasteiger partial charge in [-0.1, -0.05) is 0 Å². The van der Waals surface area contributed by atoms with Gasteiger partial charge in [0.2, 0.25) is 6.29 Å². The van der Waals surface area contributed by atoms with Crippen LogP contribution in [-0.4, -0.2) is 7.11 Å². The fourth-order valence-electron chi connectivity index (χ4n) is 2.27. The molecule has 0 N–H and O–H groups in total. The van der Waals surface area contributed by atoms with Crippen molar-refractivity contribution < 1.29 is 9.47 Å². The van der Waals surface area contributed by atoms with Gasteiger partial charge in [-0.15, -0.1) is 0 Å². The van der Waals surface area contributed by atoms with Crippen molar-refractivity contribution in [2.45, 2.75) is 20.1 Å². The van der Waals surface area contributed by atoms with E-state index >= 15 is 0 Å². The zero-order valence-corrected chi connectivity index (χ0v) is 12.8. The summed E-state index contributed by atoms with van der Waals surface area (Å²) in [6.07, 6.45) is -0.639. The molecule has 22 heavy (non-hydrogen) atoms. The van der Waals surface area contributed by atoms with Crippen LogP contribution in [0.25, 0.3) is 0 Å². The fourth-order valence-corrected chi connectivity index (χ4v) is 2.27. The lowest BCUT2D eigenvalue weighted by Gasteiger charge is -2.19. The first-order chi connectivity index (χ1) is 10.5. The highest BCUT2D eigenvalue weighted by Crippen LogP contribution is 2.26. The molecule has 0 radical (unpaired) electrons.